The van der Waals surface area contributed by atoms with Crippen LogP contribution < -0.4 is 15.5 Å². The van der Waals surface area contributed by atoms with Gasteiger partial charge in [0.1, 0.15) is 17.6 Å². The Kier molecular flexibility index (Phi) is 5.90. The number of aryl methyl sites for hydroxylation is 1. The predicted octanol–water partition coefficient (Wildman–Crippen LogP) is 3.93. The van der Waals surface area contributed by atoms with E-state index in [4.69, 9.17) is 15.6 Å². The number of hydrogen-bond acceptors (Lipinski definition) is 6. The number of hydrogen-bond donors (Lipinski definition) is 1. The maximum atomic E-state index is 11.7. The van der Waals surface area contributed by atoms with Crippen LogP contribution in [0.5, 0.6) is 5.75 Å². The molecule has 7 heteroatoms. The molecule has 2 aromatic rings. The van der Waals surface area contributed by atoms with Crippen LogP contribution in [0.4, 0.5) is 5.82 Å². The van der Waals surface area contributed by atoms with Gasteiger partial charge in [-0.1, -0.05) is 18.9 Å². The van der Waals surface area contributed by atoms with E-state index >= 15 is 0 Å². The van der Waals surface area contributed by atoms with Gasteiger partial charge < -0.3 is 10.5 Å². The zero-order chi connectivity index (χ0) is 22.0. The van der Waals surface area contributed by atoms with E-state index in [-0.39, 0.29) is 6.04 Å². The molecule has 7 nitrogen and oxygen atoms in total. The highest BCUT2D eigenvalue weighted by atomic mass is 16.5. The van der Waals surface area contributed by atoms with E-state index in [1.807, 2.05) is 43.1 Å². The first kappa shape index (κ1) is 20.9. The van der Waals surface area contributed by atoms with Crippen molar-refractivity contribution in [1.82, 2.24) is 4.98 Å². The summed E-state index contributed by atoms with van der Waals surface area (Å²) in [6.45, 7) is 4.17. The minimum absolute atomic E-state index is 0.226. The number of anilines is 1. The van der Waals surface area contributed by atoms with Crippen molar-refractivity contribution in [3.8, 4) is 11.8 Å². The molecule has 0 saturated heterocycles. The molecular formula is C24H27N5O2. The normalized spacial score (nSPS) is 18.7. The second-order valence-electron chi connectivity index (χ2n) is 8.13. The number of nitrogens with two attached hydrogens (primary N) is 1. The molecule has 2 heterocycles. The molecule has 1 atom stereocenters. The number of pyridine rings is 1. The summed E-state index contributed by atoms with van der Waals surface area (Å²) in [6.07, 6.45) is 5.65. The van der Waals surface area contributed by atoms with Crippen LogP contribution in [-0.2, 0) is 0 Å². The molecule has 0 radical (unpaired) electrons. The first-order valence-electron chi connectivity index (χ1n) is 10.8. The molecule has 1 aromatic carbocycles. The Bertz CT molecular complexity index is 1070. The monoisotopic (exact) mass is 417 g/mol. The number of nitrogens with zero attached hydrogens (tertiary/aromatic N) is 4. The largest absolute Gasteiger partial charge is 0.493 e. The minimum atomic E-state index is -0.508. The molecule has 4 rings (SSSR count). The van der Waals surface area contributed by atoms with Crippen LogP contribution in [0.3, 0.4) is 0 Å². The highest BCUT2D eigenvalue weighted by Gasteiger charge is 2.37. The van der Waals surface area contributed by atoms with Gasteiger partial charge >= 0.3 is 0 Å². The maximum Gasteiger partial charge on any atom is 0.252 e. The van der Waals surface area contributed by atoms with E-state index in [0.29, 0.717) is 35.1 Å². The summed E-state index contributed by atoms with van der Waals surface area (Å²) in [5, 5.41) is 16.2. The number of nitriles is 1. The molecule has 1 unspecified atom stereocenters. The Labute approximate surface area is 182 Å². The van der Waals surface area contributed by atoms with Gasteiger partial charge in [0.05, 0.1) is 35.2 Å². The van der Waals surface area contributed by atoms with E-state index in [9.17, 15) is 10.1 Å². The maximum absolute atomic E-state index is 11.7. The third-order valence-electron chi connectivity index (χ3n) is 6.20. The highest BCUT2D eigenvalue weighted by Crippen LogP contribution is 2.38. The molecule has 1 aromatic heterocycles. The van der Waals surface area contributed by atoms with Crippen molar-refractivity contribution in [1.29, 1.82) is 5.26 Å². The number of carbonyl (C=O) groups excluding carboxylic acids is 1. The molecule has 1 aliphatic heterocycles. The second-order valence-corrected chi connectivity index (χ2v) is 8.13. The quantitative estimate of drug-likeness (QED) is 0.767. The van der Waals surface area contributed by atoms with Gasteiger partial charge in [-0.3, -0.25) is 4.79 Å². The molecular weight excluding hydrogens is 390 g/mol. The van der Waals surface area contributed by atoms with Crippen LogP contribution in [0.1, 0.15) is 66.2 Å². The van der Waals surface area contributed by atoms with Crippen molar-refractivity contribution < 1.29 is 9.53 Å². The van der Waals surface area contributed by atoms with E-state index in [2.05, 4.69) is 11.1 Å². The van der Waals surface area contributed by atoms with Gasteiger partial charge in [0, 0.05) is 12.0 Å². The van der Waals surface area contributed by atoms with Gasteiger partial charge in [-0.25, -0.2) is 9.99 Å². The molecule has 2 N–H and O–H groups in total. The summed E-state index contributed by atoms with van der Waals surface area (Å²) in [5.74, 6) is 1.29. The van der Waals surface area contributed by atoms with Gasteiger partial charge in [0.2, 0.25) is 0 Å². The van der Waals surface area contributed by atoms with Crippen LogP contribution >= 0.6 is 0 Å². The average Bonchev–Trinajstić information content (AvgIpc) is 3.43. The zero-order valence-electron chi connectivity index (χ0n) is 18.0. The summed E-state index contributed by atoms with van der Waals surface area (Å²) in [5.41, 5.74) is 9.02. The lowest BCUT2D eigenvalue weighted by Gasteiger charge is -2.27. The Hall–Kier alpha value is -3.40. The first-order valence-corrected chi connectivity index (χ1v) is 10.8. The third kappa shape index (κ3) is 4.11. The third-order valence-corrected chi connectivity index (χ3v) is 6.20. The van der Waals surface area contributed by atoms with Crippen LogP contribution in [-0.4, -0.2) is 29.3 Å². The fraction of sp³-hybridized carbons (Fsp3) is 0.417. The Balaban J connectivity index is 1.72. The van der Waals surface area contributed by atoms with Gasteiger partial charge in [0.25, 0.3) is 5.91 Å². The first-order chi connectivity index (χ1) is 15.0. The Morgan fingerprint density at radius 1 is 1.29 bits per heavy atom. The molecule has 0 spiro atoms. The lowest BCUT2D eigenvalue weighted by atomic mass is 9.92. The molecule has 2 aliphatic rings. The van der Waals surface area contributed by atoms with Crippen molar-refractivity contribution in [3.63, 3.8) is 0 Å². The lowest BCUT2D eigenvalue weighted by Crippen LogP contribution is -2.33. The van der Waals surface area contributed by atoms with Crippen LogP contribution in [0, 0.1) is 24.2 Å². The highest BCUT2D eigenvalue weighted by molar-refractivity contribution is 6.05. The predicted molar refractivity (Wildman–Crippen MR) is 119 cm³/mol. The van der Waals surface area contributed by atoms with Crippen molar-refractivity contribution >= 4 is 17.4 Å². The minimum Gasteiger partial charge on any atom is -0.493 e. The zero-order valence-corrected chi connectivity index (χ0v) is 18.0. The number of amides is 1. The van der Waals surface area contributed by atoms with Crippen molar-refractivity contribution in [2.45, 2.75) is 52.0 Å². The molecule has 1 aliphatic carbocycles. The van der Waals surface area contributed by atoms with Crippen LogP contribution in [0.2, 0.25) is 0 Å². The standard InChI is InChI=1S/C24H27N5O2/c1-3-31-22-12-17(8-10-19(22)24(26)30)20-13-21(16-6-4-5-7-16)29(28-20)23-11-9-18(14-25)15(2)27-23/h8-12,16,21H,3-7,13H2,1-2H3,(H2,26,30). The van der Waals surface area contributed by atoms with E-state index in [1.165, 1.54) is 25.7 Å². The number of benzene rings is 1. The van der Waals surface area contributed by atoms with Crippen LogP contribution in [0.25, 0.3) is 0 Å². The Morgan fingerprint density at radius 3 is 2.71 bits per heavy atom. The summed E-state index contributed by atoms with van der Waals surface area (Å²) >= 11 is 0. The second kappa shape index (κ2) is 8.76. The number of ether oxygens (including phenoxy) is 1. The summed E-state index contributed by atoms with van der Waals surface area (Å²) in [6, 6.07) is 11.5. The van der Waals surface area contributed by atoms with Crippen molar-refractivity contribution in [3.05, 3.63) is 52.7 Å². The fourth-order valence-electron chi connectivity index (χ4n) is 4.61. The number of primary amides is 1. The molecule has 1 saturated carbocycles. The number of hydrazone groups is 1. The lowest BCUT2D eigenvalue weighted by molar-refractivity contribution is 0.0996. The van der Waals surface area contributed by atoms with E-state index in [1.54, 1.807) is 6.07 Å². The Morgan fingerprint density at radius 2 is 2.06 bits per heavy atom. The molecule has 1 fully saturated rings. The van der Waals surface area contributed by atoms with E-state index in [0.717, 1.165) is 23.5 Å². The topological polar surface area (TPSA) is 105 Å². The fourth-order valence-corrected chi connectivity index (χ4v) is 4.61. The van der Waals surface area contributed by atoms with Gasteiger partial charge in [0.15, 0.2) is 0 Å². The molecule has 31 heavy (non-hydrogen) atoms. The van der Waals surface area contributed by atoms with Crippen molar-refractivity contribution in [2.75, 3.05) is 11.6 Å². The van der Waals surface area contributed by atoms with E-state index < -0.39 is 5.91 Å². The van der Waals surface area contributed by atoms with Gasteiger partial charge in [-0.2, -0.15) is 10.4 Å². The number of rotatable bonds is 6. The van der Waals surface area contributed by atoms with Crippen molar-refractivity contribution in [2.24, 2.45) is 16.8 Å². The molecule has 160 valence electrons. The molecule has 1 amide bonds. The van der Waals surface area contributed by atoms with Crippen LogP contribution in [0.15, 0.2) is 35.4 Å². The number of aromatic nitrogens is 1. The smallest absolute Gasteiger partial charge is 0.252 e. The summed E-state index contributed by atoms with van der Waals surface area (Å²) in [7, 11) is 0. The van der Waals surface area contributed by atoms with Gasteiger partial charge in [-0.05, 0) is 56.9 Å². The summed E-state index contributed by atoms with van der Waals surface area (Å²) in [4.78, 5) is 16.4. The summed E-state index contributed by atoms with van der Waals surface area (Å²) < 4.78 is 5.67. The number of carbonyl (C=O) groups is 1. The molecule has 0 bridgehead atoms. The average molecular weight is 418 g/mol. The SMILES string of the molecule is CCOc1cc(C2=NN(c3ccc(C#N)c(C)n3)C(C3CCCC3)C2)ccc1C(N)=O. The van der Waals surface area contributed by atoms with Gasteiger partial charge in [-0.15, -0.1) is 0 Å².